The molecule has 0 spiro atoms. The van der Waals surface area contributed by atoms with E-state index < -0.39 is 42.5 Å². The summed E-state index contributed by atoms with van der Waals surface area (Å²) in [5, 5.41) is 48.0. The van der Waals surface area contributed by atoms with Crippen LogP contribution in [0.5, 0.6) is 0 Å². The molecule has 1 aliphatic rings. The van der Waals surface area contributed by atoms with Crippen molar-refractivity contribution in [2.24, 2.45) is 4.99 Å². The van der Waals surface area contributed by atoms with Crippen molar-refractivity contribution in [2.45, 2.75) is 44.0 Å². The average molecular weight is 271 g/mol. The van der Waals surface area contributed by atoms with Crippen molar-refractivity contribution in [3.63, 3.8) is 0 Å². The number of carboxylic acids is 1. The number of carbonyl (C=O) groups is 1. The van der Waals surface area contributed by atoms with E-state index in [4.69, 9.17) is 9.84 Å². The zero-order valence-electron chi connectivity index (χ0n) is 10.1. The third-order valence-corrected chi connectivity index (χ3v) is 2.41. The summed E-state index contributed by atoms with van der Waals surface area (Å²) in [7, 11) is 0. The standard InChI is InChI=1S/C9H15NO7.Na/c1-2-3(11)10-8-6(14)4(12)5(13)7(17-8)9(15)16;/h4-8,12-14H,2H2,1H3,(H,10,11)(H,15,16);/q;+1/p-1/t4-,5-,6+,7-,8+;/m0./s1. The van der Waals surface area contributed by atoms with Gasteiger partial charge in [0, 0.05) is 0 Å². The first-order valence-corrected chi connectivity index (χ1v) is 5.04. The Balaban J connectivity index is 0.00000289. The fourth-order valence-electron chi connectivity index (χ4n) is 1.41. The predicted molar refractivity (Wildman–Crippen MR) is 52.0 cm³/mol. The number of aliphatic carboxylic acids is 1. The molecule has 0 saturated carbocycles. The molecule has 4 N–H and O–H groups in total. The van der Waals surface area contributed by atoms with Crippen molar-refractivity contribution < 1.29 is 64.6 Å². The zero-order valence-corrected chi connectivity index (χ0v) is 12.1. The molecule has 0 aromatic carbocycles. The first kappa shape index (κ1) is 17.8. The number of hydrogen-bond acceptors (Lipinski definition) is 7. The van der Waals surface area contributed by atoms with Gasteiger partial charge in [0.1, 0.15) is 18.3 Å². The van der Waals surface area contributed by atoms with Gasteiger partial charge >= 0.3 is 35.5 Å². The van der Waals surface area contributed by atoms with Crippen LogP contribution in [0.25, 0.3) is 0 Å². The van der Waals surface area contributed by atoms with Gasteiger partial charge < -0.3 is 30.3 Å². The van der Waals surface area contributed by atoms with E-state index >= 15 is 0 Å². The van der Waals surface area contributed by atoms with Crippen molar-refractivity contribution in [2.75, 3.05) is 0 Å². The number of hydrogen-bond donors (Lipinski definition) is 4. The minimum atomic E-state index is -1.77. The summed E-state index contributed by atoms with van der Waals surface area (Å²) < 4.78 is 4.77. The number of carboxylic acid groups (broad SMARTS) is 1. The van der Waals surface area contributed by atoms with E-state index in [0.29, 0.717) is 0 Å². The topological polar surface area (TPSA) is 143 Å². The molecule has 1 heterocycles. The molecule has 0 unspecified atom stereocenters. The van der Waals surface area contributed by atoms with Gasteiger partial charge in [-0.1, -0.05) is 6.92 Å². The maximum atomic E-state index is 11.0. The molecule has 18 heavy (non-hydrogen) atoms. The fraction of sp³-hybridized carbons (Fsp3) is 0.778. The molecule has 0 bridgehead atoms. The minimum Gasteiger partial charge on any atom is -0.862 e. The van der Waals surface area contributed by atoms with Gasteiger partial charge in [0.05, 0.1) is 0 Å². The number of nitrogens with zero attached hydrogens (tertiary/aromatic N) is 1. The summed E-state index contributed by atoms with van der Waals surface area (Å²) in [5.41, 5.74) is 0. The summed E-state index contributed by atoms with van der Waals surface area (Å²) in [6.07, 6.45) is -8.30. The van der Waals surface area contributed by atoms with Crippen molar-refractivity contribution in [3.8, 4) is 0 Å². The van der Waals surface area contributed by atoms with Gasteiger partial charge in [-0.15, -0.1) is 0 Å². The van der Waals surface area contributed by atoms with Crippen LogP contribution in [0, 0.1) is 0 Å². The monoisotopic (exact) mass is 271 g/mol. The third-order valence-electron chi connectivity index (χ3n) is 2.41. The second kappa shape index (κ2) is 7.39. The first-order chi connectivity index (χ1) is 7.88. The molecule has 0 aliphatic carbocycles. The van der Waals surface area contributed by atoms with Gasteiger partial charge in [0.2, 0.25) is 0 Å². The second-order valence-corrected chi connectivity index (χ2v) is 3.63. The van der Waals surface area contributed by atoms with Crippen LogP contribution in [0.1, 0.15) is 13.3 Å². The smallest absolute Gasteiger partial charge is 0.862 e. The van der Waals surface area contributed by atoms with Crippen LogP contribution in [0.15, 0.2) is 4.99 Å². The minimum absolute atomic E-state index is 0. The SMILES string of the molecule is CCC([O-])=N[C@@H]1O[C@H](C(=O)O)[C@@H](O)[C@H](O)[C@H]1O.[Na+]. The van der Waals surface area contributed by atoms with Gasteiger partial charge in [-0.3, -0.25) is 4.99 Å². The Labute approximate surface area is 125 Å². The van der Waals surface area contributed by atoms with Gasteiger partial charge in [-0.25, -0.2) is 4.79 Å². The molecular weight excluding hydrogens is 257 g/mol. The Kier molecular flexibility index (Phi) is 7.30. The maximum Gasteiger partial charge on any atom is 1.00 e. The summed E-state index contributed by atoms with van der Waals surface area (Å²) in [6, 6.07) is 0. The molecule has 0 radical (unpaired) electrons. The third kappa shape index (κ3) is 3.89. The Morgan fingerprint density at radius 1 is 1.28 bits per heavy atom. The normalized spacial score (nSPS) is 36.9. The molecule has 1 saturated heterocycles. The number of aliphatic hydroxyl groups excluding tert-OH is 3. The van der Waals surface area contributed by atoms with E-state index in [0.717, 1.165) is 0 Å². The van der Waals surface area contributed by atoms with Crippen LogP contribution in [0.4, 0.5) is 0 Å². The Morgan fingerprint density at radius 3 is 2.28 bits per heavy atom. The zero-order chi connectivity index (χ0) is 13.2. The Hall–Kier alpha value is -0.220. The van der Waals surface area contributed by atoms with Crippen molar-refractivity contribution in [1.82, 2.24) is 0 Å². The van der Waals surface area contributed by atoms with Crippen molar-refractivity contribution in [1.29, 1.82) is 0 Å². The number of aliphatic hydroxyl groups is 3. The summed E-state index contributed by atoms with van der Waals surface area (Å²) in [4.78, 5) is 14.1. The maximum absolute atomic E-state index is 11.0. The van der Waals surface area contributed by atoms with E-state index in [9.17, 15) is 25.2 Å². The molecule has 9 heteroatoms. The Morgan fingerprint density at radius 2 is 1.83 bits per heavy atom. The predicted octanol–water partition coefficient (Wildman–Crippen LogP) is -5.95. The van der Waals surface area contributed by atoms with E-state index in [1.165, 1.54) is 6.92 Å². The van der Waals surface area contributed by atoms with E-state index in [1.807, 2.05) is 0 Å². The van der Waals surface area contributed by atoms with Gasteiger partial charge in [0.25, 0.3) is 0 Å². The molecule has 0 aromatic heterocycles. The number of aliphatic imine (C=N–C) groups is 1. The summed E-state index contributed by atoms with van der Waals surface area (Å²) in [5.74, 6) is -2.10. The van der Waals surface area contributed by atoms with Crippen molar-refractivity contribution in [3.05, 3.63) is 0 Å². The van der Waals surface area contributed by atoms with Crippen LogP contribution in [0.2, 0.25) is 0 Å². The van der Waals surface area contributed by atoms with E-state index in [-0.39, 0.29) is 36.0 Å². The van der Waals surface area contributed by atoms with Gasteiger partial charge in [-0.2, -0.15) is 0 Å². The van der Waals surface area contributed by atoms with E-state index in [2.05, 4.69) is 4.99 Å². The molecule has 5 atom stereocenters. The molecule has 98 valence electrons. The average Bonchev–Trinajstić information content (AvgIpc) is 2.29. The van der Waals surface area contributed by atoms with Crippen LogP contribution < -0.4 is 34.7 Å². The van der Waals surface area contributed by atoms with Crippen molar-refractivity contribution >= 4 is 11.9 Å². The number of ether oxygens (including phenoxy) is 1. The summed E-state index contributed by atoms with van der Waals surface area (Å²) in [6.45, 7) is 1.53. The quantitative estimate of drug-likeness (QED) is 0.227. The number of rotatable bonds is 3. The fourth-order valence-corrected chi connectivity index (χ4v) is 1.41. The van der Waals surface area contributed by atoms with E-state index in [1.54, 1.807) is 0 Å². The molecule has 1 fully saturated rings. The van der Waals surface area contributed by atoms with Crippen LogP contribution in [-0.2, 0) is 9.53 Å². The van der Waals surface area contributed by atoms with Crippen LogP contribution in [-0.4, -0.2) is 62.9 Å². The largest absolute Gasteiger partial charge is 1.00 e. The molecule has 0 amide bonds. The summed E-state index contributed by atoms with van der Waals surface area (Å²) >= 11 is 0. The van der Waals surface area contributed by atoms with Gasteiger partial charge in [-0.05, 0) is 12.3 Å². The molecule has 1 aliphatic heterocycles. The molecule has 0 aromatic rings. The first-order valence-electron chi connectivity index (χ1n) is 5.04. The van der Waals surface area contributed by atoms with Crippen LogP contribution >= 0.6 is 0 Å². The Bertz CT molecular complexity index is 324. The molecule has 1 rings (SSSR count). The van der Waals surface area contributed by atoms with Crippen LogP contribution in [0.3, 0.4) is 0 Å². The molecular formula is C9H14NNaO7. The second-order valence-electron chi connectivity index (χ2n) is 3.63. The van der Waals surface area contributed by atoms with Gasteiger partial charge in [0.15, 0.2) is 12.3 Å². The molecule has 8 nitrogen and oxygen atoms in total.